The minimum absolute atomic E-state index is 0.251. The van der Waals surface area contributed by atoms with Crippen molar-refractivity contribution in [2.45, 2.75) is 25.9 Å². The Bertz CT molecular complexity index is 995. The average molecular weight is 384 g/mol. The summed E-state index contributed by atoms with van der Waals surface area (Å²) < 4.78 is 12.9. The standard InChI is InChI=1S/C19H20N4O3S/c1-11(26-15-7-5-4-6-14(15)25-3)18(24)22-19-21-17-12-10-20-23(2)13(12)8-9-16(17)27-19/h4-7,10-11H,8-9H2,1-3H3,(H,21,22,24)/t11-/m0/s1. The summed E-state index contributed by atoms with van der Waals surface area (Å²) in [5, 5.41) is 7.77. The lowest BCUT2D eigenvalue weighted by Crippen LogP contribution is -2.30. The molecule has 0 spiro atoms. The number of nitrogens with one attached hydrogen (secondary N) is 1. The third-order valence-electron chi connectivity index (χ3n) is 4.58. The highest BCUT2D eigenvalue weighted by Crippen LogP contribution is 2.38. The number of rotatable bonds is 5. The SMILES string of the molecule is COc1ccccc1O[C@@H](C)C(=O)Nc1nc2c(s1)CCc1c-2cnn1C. The molecule has 1 aliphatic rings. The topological polar surface area (TPSA) is 78.3 Å². The number of amides is 1. The molecule has 0 bridgehead atoms. The van der Waals surface area contributed by atoms with Crippen molar-refractivity contribution < 1.29 is 14.3 Å². The Kier molecular flexibility index (Phi) is 4.57. The Morgan fingerprint density at radius 1 is 1.30 bits per heavy atom. The molecule has 1 aromatic carbocycles. The number of aromatic nitrogens is 3. The van der Waals surface area contributed by atoms with Crippen LogP contribution in [0.15, 0.2) is 30.5 Å². The Morgan fingerprint density at radius 3 is 2.85 bits per heavy atom. The van der Waals surface area contributed by atoms with E-state index in [4.69, 9.17) is 9.47 Å². The third kappa shape index (κ3) is 3.28. The number of para-hydroxylation sites is 2. The van der Waals surface area contributed by atoms with Gasteiger partial charge in [0.2, 0.25) is 0 Å². The molecule has 0 fully saturated rings. The predicted octanol–water partition coefficient (Wildman–Crippen LogP) is 3.06. The first-order chi connectivity index (χ1) is 13.1. The molecule has 0 radical (unpaired) electrons. The number of anilines is 1. The minimum atomic E-state index is -0.684. The molecule has 3 aromatic rings. The van der Waals surface area contributed by atoms with Crippen LogP contribution in [0, 0.1) is 0 Å². The predicted molar refractivity (Wildman–Crippen MR) is 103 cm³/mol. The zero-order valence-electron chi connectivity index (χ0n) is 15.4. The summed E-state index contributed by atoms with van der Waals surface area (Å²) in [5.41, 5.74) is 3.15. The minimum Gasteiger partial charge on any atom is -0.493 e. The van der Waals surface area contributed by atoms with Gasteiger partial charge in [0.05, 0.1) is 19.0 Å². The van der Waals surface area contributed by atoms with Gasteiger partial charge in [0.1, 0.15) is 0 Å². The fourth-order valence-corrected chi connectivity index (χ4v) is 4.12. The molecule has 7 nitrogen and oxygen atoms in total. The van der Waals surface area contributed by atoms with Gasteiger partial charge in [0.25, 0.3) is 5.91 Å². The van der Waals surface area contributed by atoms with E-state index in [1.807, 2.05) is 30.1 Å². The van der Waals surface area contributed by atoms with Crippen molar-refractivity contribution in [3.8, 4) is 22.8 Å². The maximum atomic E-state index is 12.6. The Hall–Kier alpha value is -2.87. The number of hydrogen-bond acceptors (Lipinski definition) is 6. The summed E-state index contributed by atoms with van der Waals surface area (Å²) >= 11 is 1.51. The van der Waals surface area contributed by atoms with E-state index in [9.17, 15) is 4.79 Å². The van der Waals surface area contributed by atoms with Crippen LogP contribution in [0.2, 0.25) is 0 Å². The van der Waals surface area contributed by atoms with Gasteiger partial charge in [-0.1, -0.05) is 12.1 Å². The number of carbonyl (C=O) groups is 1. The van der Waals surface area contributed by atoms with E-state index in [2.05, 4.69) is 15.4 Å². The van der Waals surface area contributed by atoms with E-state index < -0.39 is 6.10 Å². The molecule has 140 valence electrons. The molecule has 0 saturated carbocycles. The molecule has 1 amide bonds. The lowest BCUT2D eigenvalue weighted by molar-refractivity contribution is -0.122. The van der Waals surface area contributed by atoms with Gasteiger partial charge in [0.15, 0.2) is 22.7 Å². The second-order valence-electron chi connectivity index (χ2n) is 6.32. The quantitative estimate of drug-likeness (QED) is 0.731. The first kappa shape index (κ1) is 17.5. The largest absolute Gasteiger partial charge is 0.493 e. The lowest BCUT2D eigenvalue weighted by Gasteiger charge is -2.15. The summed E-state index contributed by atoms with van der Waals surface area (Å²) in [6.07, 6.45) is 2.99. The van der Waals surface area contributed by atoms with Crippen LogP contribution in [0.25, 0.3) is 11.3 Å². The Morgan fingerprint density at radius 2 is 2.07 bits per heavy atom. The normalized spacial score (nSPS) is 13.4. The zero-order valence-corrected chi connectivity index (χ0v) is 16.2. The first-order valence-electron chi connectivity index (χ1n) is 8.68. The highest BCUT2D eigenvalue weighted by molar-refractivity contribution is 7.16. The summed E-state index contributed by atoms with van der Waals surface area (Å²) in [6, 6.07) is 7.25. The fraction of sp³-hybridized carbons (Fsp3) is 0.316. The molecule has 2 heterocycles. The highest BCUT2D eigenvalue weighted by atomic mass is 32.1. The van der Waals surface area contributed by atoms with Crippen LogP contribution in [0.3, 0.4) is 0 Å². The smallest absolute Gasteiger partial charge is 0.266 e. The number of benzene rings is 1. The molecule has 0 saturated heterocycles. The molecule has 8 heteroatoms. The van der Waals surface area contributed by atoms with Crippen LogP contribution < -0.4 is 14.8 Å². The van der Waals surface area contributed by atoms with Gasteiger partial charge in [-0.25, -0.2) is 4.98 Å². The van der Waals surface area contributed by atoms with Gasteiger partial charge >= 0.3 is 0 Å². The number of ether oxygens (including phenoxy) is 2. The number of aryl methyl sites for hydroxylation is 2. The van der Waals surface area contributed by atoms with E-state index >= 15 is 0 Å². The number of thiazole rings is 1. The zero-order chi connectivity index (χ0) is 19.0. The molecule has 2 aromatic heterocycles. The van der Waals surface area contributed by atoms with Crippen molar-refractivity contribution in [2.24, 2.45) is 7.05 Å². The monoisotopic (exact) mass is 384 g/mol. The maximum absolute atomic E-state index is 12.6. The Balaban J connectivity index is 1.48. The number of fused-ring (bicyclic) bond motifs is 3. The molecule has 4 rings (SSSR count). The second kappa shape index (κ2) is 7.03. The Labute approximate surface area is 161 Å². The molecular formula is C19H20N4O3S. The van der Waals surface area contributed by atoms with Crippen LogP contribution in [0.5, 0.6) is 11.5 Å². The van der Waals surface area contributed by atoms with E-state index in [1.165, 1.54) is 21.9 Å². The average Bonchev–Trinajstić information content (AvgIpc) is 3.25. The lowest BCUT2D eigenvalue weighted by atomic mass is 10.0. The molecule has 1 aliphatic carbocycles. The molecule has 1 atom stereocenters. The van der Waals surface area contributed by atoms with Crippen molar-refractivity contribution in [3.05, 3.63) is 41.0 Å². The van der Waals surface area contributed by atoms with E-state index in [1.54, 1.807) is 26.2 Å². The van der Waals surface area contributed by atoms with Crippen molar-refractivity contribution in [3.63, 3.8) is 0 Å². The summed E-state index contributed by atoms with van der Waals surface area (Å²) in [5.74, 6) is 0.866. The van der Waals surface area contributed by atoms with Crippen LogP contribution in [-0.2, 0) is 24.7 Å². The summed E-state index contributed by atoms with van der Waals surface area (Å²) in [6.45, 7) is 1.70. The van der Waals surface area contributed by atoms with Crippen molar-refractivity contribution >= 4 is 22.4 Å². The van der Waals surface area contributed by atoms with Crippen LogP contribution in [-0.4, -0.2) is 33.9 Å². The third-order valence-corrected chi connectivity index (χ3v) is 5.61. The van der Waals surface area contributed by atoms with Gasteiger partial charge in [-0.2, -0.15) is 5.10 Å². The summed E-state index contributed by atoms with van der Waals surface area (Å²) in [7, 11) is 3.51. The number of hydrogen-bond donors (Lipinski definition) is 1. The molecule has 0 unspecified atom stereocenters. The summed E-state index contributed by atoms with van der Waals surface area (Å²) in [4.78, 5) is 18.3. The van der Waals surface area contributed by atoms with Crippen molar-refractivity contribution in [2.75, 3.05) is 12.4 Å². The van der Waals surface area contributed by atoms with E-state index in [0.717, 1.165) is 24.1 Å². The van der Waals surface area contributed by atoms with E-state index in [-0.39, 0.29) is 5.91 Å². The van der Waals surface area contributed by atoms with Crippen LogP contribution >= 0.6 is 11.3 Å². The fourth-order valence-electron chi connectivity index (χ4n) is 3.14. The first-order valence-corrected chi connectivity index (χ1v) is 9.50. The van der Waals surface area contributed by atoms with E-state index in [0.29, 0.717) is 16.6 Å². The number of methoxy groups -OCH3 is 1. The molecule has 1 N–H and O–H groups in total. The van der Waals surface area contributed by atoms with Gasteiger partial charge in [0, 0.05) is 23.2 Å². The molecule has 0 aliphatic heterocycles. The van der Waals surface area contributed by atoms with Crippen molar-refractivity contribution in [1.29, 1.82) is 0 Å². The van der Waals surface area contributed by atoms with Gasteiger partial charge < -0.3 is 9.47 Å². The number of carbonyl (C=O) groups excluding carboxylic acids is 1. The highest BCUT2D eigenvalue weighted by Gasteiger charge is 2.25. The number of nitrogens with zero attached hydrogens (tertiary/aromatic N) is 3. The van der Waals surface area contributed by atoms with Gasteiger partial charge in [-0.05, 0) is 31.9 Å². The van der Waals surface area contributed by atoms with Gasteiger partial charge in [-0.15, -0.1) is 11.3 Å². The van der Waals surface area contributed by atoms with Gasteiger partial charge in [-0.3, -0.25) is 14.8 Å². The maximum Gasteiger partial charge on any atom is 0.266 e. The van der Waals surface area contributed by atoms with Crippen LogP contribution in [0.1, 0.15) is 17.5 Å². The molecular weight excluding hydrogens is 364 g/mol. The van der Waals surface area contributed by atoms with Crippen molar-refractivity contribution in [1.82, 2.24) is 14.8 Å². The molecule has 27 heavy (non-hydrogen) atoms. The van der Waals surface area contributed by atoms with Crippen LogP contribution in [0.4, 0.5) is 5.13 Å². The second-order valence-corrected chi connectivity index (χ2v) is 7.40.